The quantitative estimate of drug-likeness (QED) is 0.307. The normalized spacial score (nSPS) is 11.5. The molecule has 6 aromatic rings. The summed E-state index contributed by atoms with van der Waals surface area (Å²) in [4.78, 5) is 20.7. The molecule has 6 rings (SSSR count). The third kappa shape index (κ3) is 3.67. The second kappa shape index (κ2) is 8.28. The first-order valence-corrected chi connectivity index (χ1v) is 11.2. The maximum Gasteiger partial charge on any atom is 0.178 e. The largest absolute Gasteiger partial charge is 0.382 e. The number of fused-ring (bicyclic) bond motifs is 2. The van der Waals surface area contributed by atoms with Crippen LogP contribution in [0.4, 0.5) is 10.1 Å². The Kier molecular flexibility index (Phi) is 4.95. The minimum atomic E-state index is -0.391. The van der Waals surface area contributed by atoms with Crippen LogP contribution >= 0.6 is 0 Å². The Hall–Kier alpha value is -4.66. The molecule has 0 bridgehead atoms. The van der Waals surface area contributed by atoms with Gasteiger partial charge in [0.1, 0.15) is 11.5 Å². The van der Waals surface area contributed by atoms with Crippen LogP contribution in [0.25, 0.3) is 55.8 Å². The number of aromatic amines is 2. The van der Waals surface area contributed by atoms with E-state index in [1.54, 1.807) is 37.1 Å². The highest BCUT2D eigenvalue weighted by molar-refractivity contribution is 5.98. The van der Waals surface area contributed by atoms with Gasteiger partial charge in [-0.15, -0.1) is 0 Å². The minimum Gasteiger partial charge on any atom is -0.382 e. The first-order chi connectivity index (χ1) is 17.1. The minimum absolute atomic E-state index is 0.235. The second-order valence-corrected chi connectivity index (χ2v) is 8.56. The zero-order valence-electron chi connectivity index (χ0n) is 19.0. The molecule has 0 saturated carbocycles. The summed E-state index contributed by atoms with van der Waals surface area (Å²) in [6, 6.07) is 11.4. The molecule has 35 heavy (non-hydrogen) atoms. The van der Waals surface area contributed by atoms with Crippen molar-refractivity contribution in [2.24, 2.45) is 0 Å². The molecule has 0 fully saturated rings. The van der Waals surface area contributed by atoms with E-state index >= 15 is 4.39 Å². The molecule has 0 saturated heterocycles. The molecule has 8 nitrogen and oxygen atoms in total. The lowest BCUT2D eigenvalue weighted by Gasteiger charge is -2.11. The highest BCUT2D eigenvalue weighted by Crippen LogP contribution is 2.35. The number of hydrogen-bond acceptors (Lipinski definition) is 6. The van der Waals surface area contributed by atoms with Gasteiger partial charge in [0, 0.05) is 53.7 Å². The first kappa shape index (κ1) is 20.9. The maximum atomic E-state index is 16.0. The van der Waals surface area contributed by atoms with Crippen molar-refractivity contribution in [1.29, 1.82) is 0 Å². The number of halogens is 1. The van der Waals surface area contributed by atoms with Gasteiger partial charge in [-0.2, -0.15) is 5.10 Å². The second-order valence-electron chi connectivity index (χ2n) is 8.56. The summed E-state index contributed by atoms with van der Waals surface area (Å²) in [5.41, 5.74) is 6.09. The van der Waals surface area contributed by atoms with E-state index < -0.39 is 5.82 Å². The fourth-order valence-corrected chi connectivity index (χ4v) is 4.26. The number of rotatable bonds is 5. The van der Waals surface area contributed by atoms with Gasteiger partial charge in [-0.1, -0.05) is 0 Å². The third-order valence-corrected chi connectivity index (χ3v) is 5.78. The summed E-state index contributed by atoms with van der Waals surface area (Å²) in [6.45, 7) is 4.08. The molecule has 5 aromatic heterocycles. The average Bonchev–Trinajstić information content (AvgIpc) is 3.49. The molecule has 0 unspecified atom stereocenters. The molecule has 1 aromatic carbocycles. The van der Waals surface area contributed by atoms with Gasteiger partial charge in [0.05, 0.1) is 22.1 Å². The van der Waals surface area contributed by atoms with Crippen molar-refractivity contribution < 1.29 is 4.39 Å². The van der Waals surface area contributed by atoms with Crippen LogP contribution in [0, 0.1) is 5.82 Å². The van der Waals surface area contributed by atoms with Crippen molar-refractivity contribution in [2.45, 2.75) is 19.9 Å². The number of nitrogens with one attached hydrogen (secondary N) is 3. The van der Waals surface area contributed by atoms with Gasteiger partial charge in [0.25, 0.3) is 0 Å². The number of H-pyrrole nitrogens is 2. The standard InChI is InChI=1S/C26H21FN8/c1-14(2)31-17-11-16(12-29-13-17)18-3-4-20-21(22(18)27)24(35-34-20)26-32-23-19(7-10-30-25(23)33-26)15-5-8-28-9-6-15/h3-14,31H,1-2H3,(H,34,35)(H,30,32,33). The van der Waals surface area contributed by atoms with Crippen molar-refractivity contribution in [3.8, 4) is 33.8 Å². The Labute approximate surface area is 199 Å². The van der Waals surface area contributed by atoms with E-state index in [1.807, 2.05) is 44.2 Å². The average molecular weight is 465 g/mol. The lowest BCUT2D eigenvalue weighted by molar-refractivity contribution is 0.643. The number of anilines is 1. The van der Waals surface area contributed by atoms with Crippen molar-refractivity contribution in [2.75, 3.05) is 5.32 Å². The molecule has 5 heterocycles. The van der Waals surface area contributed by atoms with Gasteiger partial charge in [0.2, 0.25) is 0 Å². The fourth-order valence-electron chi connectivity index (χ4n) is 4.26. The molecule has 0 amide bonds. The van der Waals surface area contributed by atoms with Gasteiger partial charge < -0.3 is 10.3 Å². The van der Waals surface area contributed by atoms with Gasteiger partial charge in [0.15, 0.2) is 11.5 Å². The van der Waals surface area contributed by atoms with Gasteiger partial charge in [-0.05, 0) is 55.8 Å². The fraction of sp³-hybridized carbons (Fsp3) is 0.115. The highest BCUT2D eigenvalue weighted by Gasteiger charge is 2.20. The van der Waals surface area contributed by atoms with E-state index in [2.05, 4.69) is 40.4 Å². The Morgan fingerprint density at radius 3 is 2.60 bits per heavy atom. The molecule has 0 aliphatic heterocycles. The van der Waals surface area contributed by atoms with Crippen LogP contribution in [0.1, 0.15) is 13.8 Å². The van der Waals surface area contributed by atoms with Gasteiger partial charge in [-0.25, -0.2) is 14.4 Å². The van der Waals surface area contributed by atoms with Crippen LogP contribution in [0.15, 0.2) is 67.4 Å². The Balaban J connectivity index is 1.49. The lowest BCUT2D eigenvalue weighted by atomic mass is 10.0. The van der Waals surface area contributed by atoms with Gasteiger partial charge in [-0.3, -0.25) is 15.1 Å². The van der Waals surface area contributed by atoms with Crippen LogP contribution in [0.2, 0.25) is 0 Å². The predicted octanol–water partition coefficient (Wildman–Crippen LogP) is 5.58. The summed E-state index contributed by atoms with van der Waals surface area (Å²) in [7, 11) is 0. The van der Waals surface area contributed by atoms with Crippen LogP contribution in [-0.2, 0) is 0 Å². The predicted molar refractivity (Wildman–Crippen MR) is 134 cm³/mol. The Morgan fingerprint density at radius 1 is 0.914 bits per heavy atom. The number of nitrogens with zero attached hydrogens (tertiary/aromatic N) is 5. The number of pyridine rings is 3. The maximum absolute atomic E-state index is 16.0. The molecule has 0 radical (unpaired) electrons. The van der Waals surface area contributed by atoms with E-state index in [9.17, 15) is 0 Å². The van der Waals surface area contributed by atoms with Gasteiger partial charge >= 0.3 is 0 Å². The van der Waals surface area contributed by atoms with E-state index in [4.69, 9.17) is 0 Å². The van der Waals surface area contributed by atoms with Crippen LogP contribution in [0.5, 0.6) is 0 Å². The molecule has 9 heteroatoms. The summed E-state index contributed by atoms with van der Waals surface area (Å²) in [5.74, 6) is 0.0437. The monoisotopic (exact) mass is 464 g/mol. The molecule has 0 atom stereocenters. The topological polar surface area (TPSA) is 108 Å². The number of imidazole rings is 1. The summed E-state index contributed by atoms with van der Waals surface area (Å²) < 4.78 is 16.0. The smallest absolute Gasteiger partial charge is 0.178 e. The van der Waals surface area contributed by atoms with E-state index in [1.165, 1.54) is 0 Å². The zero-order chi connectivity index (χ0) is 23.9. The summed E-state index contributed by atoms with van der Waals surface area (Å²) in [5, 5.41) is 11.0. The first-order valence-electron chi connectivity index (χ1n) is 11.2. The molecule has 172 valence electrons. The van der Waals surface area contributed by atoms with E-state index in [0.717, 1.165) is 22.3 Å². The summed E-state index contributed by atoms with van der Waals surface area (Å²) >= 11 is 0. The van der Waals surface area contributed by atoms with Crippen molar-refractivity contribution in [1.82, 2.24) is 35.1 Å². The van der Waals surface area contributed by atoms with Crippen LogP contribution in [-0.4, -0.2) is 41.2 Å². The molecular formula is C26H21FN8. The molecule has 0 aliphatic rings. The van der Waals surface area contributed by atoms with Crippen molar-refractivity contribution >= 4 is 27.8 Å². The van der Waals surface area contributed by atoms with Crippen molar-refractivity contribution in [3.63, 3.8) is 0 Å². The SMILES string of the molecule is CC(C)Nc1cncc(-c2ccc3[nH]nc(-c4nc5nccc(-c6ccncc6)c5[nH]4)c3c2F)c1. The number of aromatic nitrogens is 7. The van der Waals surface area contributed by atoms with E-state index in [0.29, 0.717) is 39.2 Å². The molecular weight excluding hydrogens is 443 g/mol. The Morgan fingerprint density at radius 2 is 1.77 bits per heavy atom. The Bertz CT molecular complexity index is 1670. The molecule has 0 aliphatic carbocycles. The van der Waals surface area contributed by atoms with Crippen LogP contribution in [0.3, 0.4) is 0 Å². The van der Waals surface area contributed by atoms with E-state index in [-0.39, 0.29) is 6.04 Å². The lowest BCUT2D eigenvalue weighted by Crippen LogP contribution is -2.09. The molecule has 3 N–H and O–H groups in total. The molecule has 0 spiro atoms. The zero-order valence-corrected chi connectivity index (χ0v) is 19.0. The number of hydrogen-bond donors (Lipinski definition) is 3. The number of benzene rings is 1. The third-order valence-electron chi connectivity index (χ3n) is 5.78. The van der Waals surface area contributed by atoms with Crippen molar-refractivity contribution in [3.05, 3.63) is 73.2 Å². The van der Waals surface area contributed by atoms with Crippen LogP contribution < -0.4 is 5.32 Å². The summed E-state index contributed by atoms with van der Waals surface area (Å²) in [6.07, 6.45) is 8.55. The highest BCUT2D eigenvalue weighted by atomic mass is 19.1.